The molecule has 0 aliphatic rings. The number of aryl methyl sites for hydroxylation is 1. The standard InChI is InChI=1S/C22H28N2O4S/c1-5-20(22(26)24-19-9-7-6-8-18(19)15(2)3)29(27,28)14-21(25)23-17-12-10-16(4)11-13-17/h6-13,15,20H,5,14H2,1-4H3,(H,23,25)(H,24,26). The zero-order valence-electron chi connectivity index (χ0n) is 17.2. The van der Waals surface area contributed by atoms with Crippen molar-refractivity contribution >= 4 is 33.0 Å². The van der Waals surface area contributed by atoms with Gasteiger partial charge in [-0.3, -0.25) is 9.59 Å². The van der Waals surface area contributed by atoms with Crippen LogP contribution in [0.4, 0.5) is 11.4 Å². The average molecular weight is 417 g/mol. The van der Waals surface area contributed by atoms with Gasteiger partial charge in [-0.05, 0) is 43.0 Å². The monoisotopic (exact) mass is 416 g/mol. The van der Waals surface area contributed by atoms with Gasteiger partial charge in [0.25, 0.3) is 0 Å². The summed E-state index contributed by atoms with van der Waals surface area (Å²) < 4.78 is 25.5. The summed E-state index contributed by atoms with van der Waals surface area (Å²) >= 11 is 0. The van der Waals surface area contributed by atoms with Crippen LogP contribution in [0.2, 0.25) is 0 Å². The predicted molar refractivity (Wildman–Crippen MR) is 117 cm³/mol. The van der Waals surface area contributed by atoms with Crippen LogP contribution in [0.3, 0.4) is 0 Å². The SMILES string of the molecule is CCC(C(=O)Nc1ccccc1C(C)C)S(=O)(=O)CC(=O)Nc1ccc(C)cc1. The zero-order chi connectivity index (χ0) is 21.6. The number of carbonyl (C=O) groups is 2. The lowest BCUT2D eigenvalue weighted by Gasteiger charge is -2.18. The first-order valence-electron chi connectivity index (χ1n) is 9.62. The van der Waals surface area contributed by atoms with E-state index in [0.717, 1.165) is 11.1 Å². The molecular formula is C22H28N2O4S. The summed E-state index contributed by atoms with van der Waals surface area (Å²) in [4.78, 5) is 25.0. The van der Waals surface area contributed by atoms with Crippen molar-refractivity contribution in [2.45, 2.75) is 45.3 Å². The maximum atomic E-state index is 12.7. The normalized spacial score (nSPS) is 12.4. The van der Waals surface area contributed by atoms with E-state index in [1.165, 1.54) is 0 Å². The fraction of sp³-hybridized carbons (Fsp3) is 0.364. The highest BCUT2D eigenvalue weighted by molar-refractivity contribution is 7.93. The van der Waals surface area contributed by atoms with E-state index in [-0.39, 0.29) is 12.3 Å². The molecule has 0 bridgehead atoms. The van der Waals surface area contributed by atoms with Crippen molar-refractivity contribution in [3.8, 4) is 0 Å². The van der Waals surface area contributed by atoms with Gasteiger partial charge in [0, 0.05) is 11.4 Å². The van der Waals surface area contributed by atoms with Crippen LogP contribution in [0.5, 0.6) is 0 Å². The fourth-order valence-corrected chi connectivity index (χ4v) is 4.58. The van der Waals surface area contributed by atoms with E-state index in [9.17, 15) is 18.0 Å². The Labute approximate surface area is 172 Å². The Hall–Kier alpha value is -2.67. The number of rotatable bonds is 8. The van der Waals surface area contributed by atoms with Gasteiger partial charge in [-0.15, -0.1) is 0 Å². The first-order valence-corrected chi connectivity index (χ1v) is 11.3. The first-order chi connectivity index (χ1) is 13.6. The average Bonchev–Trinajstić information content (AvgIpc) is 2.63. The van der Waals surface area contributed by atoms with E-state index in [1.54, 1.807) is 31.2 Å². The number of hydrogen-bond donors (Lipinski definition) is 2. The third-order valence-electron chi connectivity index (χ3n) is 4.60. The summed E-state index contributed by atoms with van der Waals surface area (Å²) in [6.07, 6.45) is 0.0792. The number of carbonyl (C=O) groups excluding carboxylic acids is 2. The van der Waals surface area contributed by atoms with Crippen molar-refractivity contribution in [3.05, 3.63) is 59.7 Å². The molecule has 0 radical (unpaired) electrons. The number of sulfone groups is 1. The molecule has 0 aromatic heterocycles. The molecule has 0 heterocycles. The highest BCUT2D eigenvalue weighted by Gasteiger charge is 2.33. The Bertz CT molecular complexity index is 967. The van der Waals surface area contributed by atoms with Gasteiger partial charge in [0.05, 0.1) is 0 Å². The van der Waals surface area contributed by atoms with Gasteiger partial charge >= 0.3 is 0 Å². The minimum Gasteiger partial charge on any atom is -0.325 e. The van der Waals surface area contributed by atoms with Crippen LogP contribution < -0.4 is 10.6 Å². The first kappa shape index (κ1) is 22.6. The lowest BCUT2D eigenvalue weighted by Crippen LogP contribution is -2.39. The highest BCUT2D eigenvalue weighted by atomic mass is 32.2. The Morgan fingerprint density at radius 3 is 2.17 bits per heavy atom. The van der Waals surface area contributed by atoms with Crippen LogP contribution in [-0.2, 0) is 19.4 Å². The lowest BCUT2D eigenvalue weighted by molar-refractivity contribution is -0.115. The molecule has 7 heteroatoms. The van der Waals surface area contributed by atoms with E-state index < -0.39 is 32.7 Å². The van der Waals surface area contributed by atoms with Crippen molar-refractivity contribution in [1.82, 2.24) is 0 Å². The van der Waals surface area contributed by atoms with Gasteiger partial charge in [0.15, 0.2) is 9.84 Å². The molecule has 0 aliphatic heterocycles. The van der Waals surface area contributed by atoms with E-state index in [2.05, 4.69) is 10.6 Å². The van der Waals surface area contributed by atoms with Gasteiger partial charge in [0.2, 0.25) is 11.8 Å². The molecule has 6 nitrogen and oxygen atoms in total. The summed E-state index contributed by atoms with van der Waals surface area (Å²) in [5.74, 6) is -1.87. The molecule has 2 N–H and O–H groups in total. The van der Waals surface area contributed by atoms with Crippen LogP contribution in [0, 0.1) is 6.92 Å². The second kappa shape index (κ2) is 9.69. The molecule has 2 rings (SSSR count). The van der Waals surface area contributed by atoms with Crippen molar-refractivity contribution in [1.29, 1.82) is 0 Å². The second-order valence-electron chi connectivity index (χ2n) is 7.35. The molecule has 1 unspecified atom stereocenters. The Morgan fingerprint density at radius 2 is 1.59 bits per heavy atom. The van der Waals surface area contributed by atoms with E-state index in [0.29, 0.717) is 11.4 Å². The summed E-state index contributed by atoms with van der Waals surface area (Å²) in [7, 11) is -3.98. The van der Waals surface area contributed by atoms with Gasteiger partial charge in [-0.25, -0.2) is 8.42 Å². The third-order valence-corrected chi connectivity index (χ3v) is 6.68. The van der Waals surface area contributed by atoms with E-state index in [4.69, 9.17) is 0 Å². The summed E-state index contributed by atoms with van der Waals surface area (Å²) in [5, 5.41) is 4.00. The molecule has 2 aromatic carbocycles. The maximum Gasteiger partial charge on any atom is 0.242 e. The number of nitrogens with one attached hydrogen (secondary N) is 2. The molecule has 2 aromatic rings. The molecule has 0 aliphatic carbocycles. The smallest absolute Gasteiger partial charge is 0.242 e. The van der Waals surface area contributed by atoms with Crippen LogP contribution >= 0.6 is 0 Å². The summed E-state index contributed by atoms with van der Waals surface area (Å²) in [6, 6.07) is 14.3. The molecule has 0 spiro atoms. The largest absolute Gasteiger partial charge is 0.325 e. The lowest BCUT2D eigenvalue weighted by atomic mass is 10.0. The van der Waals surface area contributed by atoms with Gasteiger partial charge < -0.3 is 10.6 Å². The number of benzene rings is 2. The van der Waals surface area contributed by atoms with Gasteiger partial charge in [-0.1, -0.05) is 56.7 Å². The van der Waals surface area contributed by atoms with Crippen LogP contribution in [-0.4, -0.2) is 31.2 Å². The summed E-state index contributed by atoms with van der Waals surface area (Å²) in [6.45, 7) is 7.52. The molecule has 0 saturated carbocycles. The molecule has 156 valence electrons. The summed E-state index contributed by atoms with van der Waals surface area (Å²) in [5.41, 5.74) is 3.05. The molecule has 1 atom stereocenters. The van der Waals surface area contributed by atoms with Crippen LogP contribution in [0.15, 0.2) is 48.5 Å². The molecular weight excluding hydrogens is 388 g/mol. The van der Waals surface area contributed by atoms with Gasteiger partial charge in [0.1, 0.15) is 11.0 Å². The van der Waals surface area contributed by atoms with Crippen molar-refractivity contribution in [2.24, 2.45) is 0 Å². The van der Waals surface area contributed by atoms with E-state index in [1.807, 2.05) is 45.0 Å². The predicted octanol–water partition coefficient (Wildman–Crippen LogP) is 3.89. The number of anilines is 2. The maximum absolute atomic E-state index is 12.7. The van der Waals surface area contributed by atoms with Crippen molar-refractivity contribution in [2.75, 3.05) is 16.4 Å². The quantitative estimate of drug-likeness (QED) is 0.683. The van der Waals surface area contributed by atoms with Crippen molar-refractivity contribution < 1.29 is 18.0 Å². The second-order valence-corrected chi connectivity index (χ2v) is 9.53. The number of para-hydroxylation sites is 1. The molecule has 2 amide bonds. The Balaban J connectivity index is 2.11. The molecule has 29 heavy (non-hydrogen) atoms. The van der Waals surface area contributed by atoms with E-state index >= 15 is 0 Å². The van der Waals surface area contributed by atoms with Crippen molar-refractivity contribution in [3.63, 3.8) is 0 Å². The topological polar surface area (TPSA) is 92.3 Å². The minimum atomic E-state index is -3.98. The minimum absolute atomic E-state index is 0.0792. The highest BCUT2D eigenvalue weighted by Crippen LogP contribution is 2.24. The fourth-order valence-electron chi connectivity index (χ4n) is 3.05. The number of amides is 2. The molecule has 0 fully saturated rings. The zero-order valence-corrected chi connectivity index (χ0v) is 18.0. The van der Waals surface area contributed by atoms with Crippen LogP contribution in [0.25, 0.3) is 0 Å². The van der Waals surface area contributed by atoms with Crippen LogP contribution in [0.1, 0.15) is 44.2 Å². The number of hydrogen-bond acceptors (Lipinski definition) is 4. The molecule has 0 saturated heterocycles. The third kappa shape index (κ3) is 6.15. The van der Waals surface area contributed by atoms with Gasteiger partial charge in [-0.2, -0.15) is 0 Å². The Morgan fingerprint density at radius 1 is 0.966 bits per heavy atom. The Kier molecular flexibility index (Phi) is 7.56.